The van der Waals surface area contributed by atoms with Crippen molar-refractivity contribution in [3.05, 3.63) is 27.2 Å². The summed E-state index contributed by atoms with van der Waals surface area (Å²) in [6.07, 6.45) is 1.55. The molecule has 0 spiro atoms. The van der Waals surface area contributed by atoms with Crippen LogP contribution < -0.4 is 4.74 Å². The van der Waals surface area contributed by atoms with Crippen LogP contribution in [0.1, 0.15) is 18.4 Å². The van der Waals surface area contributed by atoms with E-state index < -0.39 is 5.60 Å². The summed E-state index contributed by atoms with van der Waals surface area (Å²) in [4.78, 5) is 0. The van der Waals surface area contributed by atoms with Gasteiger partial charge in [-0.05, 0) is 40.9 Å². The van der Waals surface area contributed by atoms with Gasteiger partial charge in [-0.1, -0.05) is 11.6 Å². The summed E-state index contributed by atoms with van der Waals surface area (Å²) in [5, 5.41) is 10.6. The lowest BCUT2D eigenvalue weighted by atomic mass is 10.1. The molecule has 1 aliphatic carbocycles. The maximum absolute atomic E-state index is 10.0. The Bertz CT molecular complexity index is 375. The molecular weight excluding hydrogens is 267 g/mol. The monoisotopic (exact) mass is 276 g/mol. The van der Waals surface area contributed by atoms with Crippen molar-refractivity contribution in [1.29, 1.82) is 0 Å². The molecule has 1 aromatic rings. The normalized spacial score (nSPS) is 18.0. The van der Waals surface area contributed by atoms with E-state index in [1.54, 1.807) is 19.2 Å². The molecule has 0 saturated heterocycles. The lowest BCUT2D eigenvalue weighted by Crippen LogP contribution is -2.07. The first kappa shape index (κ1) is 10.3. The van der Waals surface area contributed by atoms with Crippen LogP contribution in [0.4, 0.5) is 0 Å². The number of rotatable bonds is 2. The van der Waals surface area contributed by atoms with Crippen molar-refractivity contribution in [2.75, 3.05) is 7.11 Å². The van der Waals surface area contributed by atoms with Gasteiger partial charge in [-0.2, -0.15) is 0 Å². The van der Waals surface area contributed by atoms with Crippen LogP contribution in [-0.2, 0) is 5.60 Å². The van der Waals surface area contributed by atoms with E-state index in [1.807, 2.05) is 0 Å². The molecule has 1 N–H and O–H groups in total. The standard InChI is InChI=1S/C10H10BrClO2/c1-14-9-7(10(13)2-3-10)4-6(12)5-8(9)11/h4-5,13H,2-3H2,1H3. The van der Waals surface area contributed by atoms with Crippen molar-refractivity contribution in [1.82, 2.24) is 0 Å². The zero-order valence-electron chi connectivity index (χ0n) is 7.68. The number of ether oxygens (including phenoxy) is 1. The maximum Gasteiger partial charge on any atom is 0.139 e. The average Bonchev–Trinajstić information content (AvgIpc) is 2.84. The summed E-state index contributed by atoms with van der Waals surface area (Å²) >= 11 is 9.27. The third kappa shape index (κ3) is 1.64. The van der Waals surface area contributed by atoms with Gasteiger partial charge >= 0.3 is 0 Å². The first-order chi connectivity index (χ1) is 6.57. The second kappa shape index (κ2) is 3.40. The topological polar surface area (TPSA) is 29.5 Å². The van der Waals surface area contributed by atoms with Crippen molar-refractivity contribution < 1.29 is 9.84 Å². The lowest BCUT2D eigenvalue weighted by Gasteiger charge is -2.15. The Morgan fingerprint density at radius 1 is 1.50 bits per heavy atom. The number of halogens is 2. The Balaban J connectivity index is 2.56. The Kier molecular flexibility index (Phi) is 2.50. The number of benzene rings is 1. The van der Waals surface area contributed by atoms with Crippen LogP contribution in [0.3, 0.4) is 0 Å². The number of aliphatic hydroxyl groups is 1. The van der Waals surface area contributed by atoms with Crippen molar-refractivity contribution in [2.45, 2.75) is 18.4 Å². The molecule has 0 aromatic heterocycles. The summed E-state index contributed by atoms with van der Waals surface area (Å²) in [7, 11) is 1.59. The zero-order chi connectivity index (χ0) is 10.3. The molecule has 0 bridgehead atoms. The Labute approximate surface area is 96.0 Å². The number of hydrogen-bond acceptors (Lipinski definition) is 2. The van der Waals surface area contributed by atoms with E-state index in [1.165, 1.54) is 0 Å². The van der Waals surface area contributed by atoms with E-state index >= 15 is 0 Å². The average molecular weight is 278 g/mol. The minimum absolute atomic E-state index is 0.605. The molecule has 1 fully saturated rings. The smallest absolute Gasteiger partial charge is 0.139 e. The van der Waals surface area contributed by atoms with Gasteiger partial charge in [0, 0.05) is 10.6 Å². The molecule has 0 atom stereocenters. The summed E-state index contributed by atoms with van der Waals surface area (Å²) in [5.74, 6) is 0.675. The quantitative estimate of drug-likeness (QED) is 0.900. The van der Waals surface area contributed by atoms with E-state index in [0.29, 0.717) is 10.8 Å². The molecule has 0 heterocycles. The highest BCUT2D eigenvalue weighted by Crippen LogP contribution is 2.51. The van der Waals surface area contributed by atoms with E-state index in [-0.39, 0.29) is 0 Å². The highest BCUT2D eigenvalue weighted by molar-refractivity contribution is 9.10. The Morgan fingerprint density at radius 3 is 2.64 bits per heavy atom. The summed E-state index contributed by atoms with van der Waals surface area (Å²) in [5.41, 5.74) is 0.0538. The van der Waals surface area contributed by atoms with Crippen LogP contribution in [0.2, 0.25) is 5.02 Å². The molecule has 2 nitrogen and oxygen atoms in total. The van der Waals surface area contributed by atoms with Crippen LogP contribution in [0, 0.1) is 0 Å². The molecule has 1 aliphatic rings. The van der Waals surface area contributed by atoms with Crippen LogP contribution in [0.15, 0.2) is 16.6 Å². The number of hydrogen-bond donors (Lipinski definition) is 1. The molecule has 1 saturated carbocycles. The van der Waals surface area contributed by atoms with Crippen LogP contribution in [0.25, 0.3) is 0 Å². The summed E-state index contributed by atoms with van der Waals surface area (Å²) in [6.45, 7) is 0. The first-order valence-electron chi connectivity index (χ1n) is 4.33. The van der Waals surface area contributed by atoms with Crippen molar-refractivity contribution >= 4 is 27.5 Å². The van der Waals surface area contributed by atoms with Gasteiger partial charge in [-0.3, -0.25) is 0 Å². The van der Waals surface area contributed by atoms with E-state index in [4.69, 9.17) is 16.3 Å². The van der Waals surface area contributed by atoms with Gasteiger partial charge in [0.15, 0.2) is 0 Å². The second-order valence-corrected chi connectivity index (χ2v) is 4.79. The van der Waals surface area contributed by atoms with E-state index in [0.717, 1.165) is 22.9 Å². The number of methoxy groups -OCH3 is 1. The highest BCUT2D eigenvalue weighted by atomic mass is 79.9. The molecular formula is C10H10BrClO2. The van der Waals surface area contributed by atoms with Gasteiger partial charge in [0.25, 0.3) is 0 Å². The molecule has 1 aromatic carbocycles. The Hall–Kier alpha value is -0.250. The SMILES string of the molecule is COc1c(Br)cc(Cl)cc1C1(O)CC1. The van der Waals surface area contributed by atoms with Crippen LogP contribution >= 0.6 is 27.5 Å². The second-order valence-electron chi connectivity index (χ2n) is 3.50. The summed E-state index contributed by atoms with van der Waals surface area (Å²) < 4.78 is 6.01. The summed E-state index contributed by atoms with van der Waals surface area (Å²) in [6, 6.07) is 3.52. The highest BCUT2D eigenvalue weighted by Gasteiger charge is 2.44. The minimum Gasteiger partial charge on any atom is -0.495 e. The largest absolute Gasteiger partial charge is 0.495 e. The molecule has 4 heteroatoms. The molecule has 76 valence electrons. The van der Waals surface area contributed by atoms with Crippen molar-refractivity contribution in [2.24, 2.45) is 0 Å². The van der Waals surface area contributed by atoms with Gasteiger partial charge in [0.1, 0.15) is 5.75 Å². The minimum atomic E-state index is -0.723. The van der Waals surface area contributed by atoms with Gasteiger partial charge in [-0.15, -0.1) is 0 Å². The van der Waals surface area contributed by atoms with Gasteiger partial charge in [0.2, 0.25) is 0 Å². The van der Waals surface area contributed by atoms with Gasteiger partial charge in [-0.25, -0.2) is 0 Å². The third-order valence-electron chi connectivity index (χ3n) is 2.44. The molecule has 0 aliphatic heterocycles. The molecule has 0 unspecified atom stereocenters. The van der Waals surface area contributed by atoms with E-state index in [9.17, 15) is 5.11 Å². The molecule has 0 radical (unpaired) electrons. The predicted octanol–water partition coefficient (Wildman–Crippen LogP) is 3.09. The van der Waals surface area contributed by atoms with Gasteiger partial charge in [0.05, 0.1) is 17.2 Å². The fraction of sp³-hybridized carbons (Fsp3) is 0.400. The lowest BCUT2D eigenvalue weighted by molar-refractivity contribution is 0.147. The molecule has 0 amide bonds. The maximum atomic E-state index is 10.0. The van der Waals surface area contributed by atoms with Crippen LogP contribution in [0.5, 0.6) is 5.75 Å². The van der Waals surface area contributed by atoms with Crippen molar-refractivity contribution in [3.63, 3.8) is 0 Å². The van der Waals surface area contributed by atoms with Gasteiger partial charge < -0.3 is 9.84 Å². The fourth-order valence-corrected chi connectivity index (χ4v) is 2.47. The van der Waals surface area contributed by atoms with Crippen molar-refractivity contribution in [3.8, 4) is 5.75 Å². The third-order valence-corrected chi connectivity index (χ3v) is 3.24. The molecule has 14 heavy (non-hydrogen) atoms. The predicted molar refractivity (Wildman–Crippen MR) is 58.8 cm³/mol. The molecule has 2 rings (SSSR count). The Morgan fingerprint density at radius 2 is 2.14 bits per heavy atom. The zero-order valence-corrected chi connectivity index (χ0v) is 10.0. The van der Waals surface area contributed by atoms with Crippen LogP contribution in [-0.4, -0.2) is 12.2 Å². The van der Waals surface area contributed by atoms with E-state index in [2.05, 4.69) is 15.9 Å². The first-order valence-corrected chi connectivity index (χ1v) is 5.50. The fourth-order valence-electron chi connectivity index (χ4n) is 1.50.